The summed E-state index contributed by atoms with van der Waals surface area (Å²) in [6.45, 7) is 6.82. The van der Waals surface area contributed by atoms with E-state index >= 15 is 4.39 Å². The topological polar surface area (TPSA) is 114 Å². The number of hydrogen-bond acceptors (Lipinski definition) is 5. The van der Waals surface area contributed by atoms with E-state index in [2.05, 4.69) is 20.3 Å². The van der Waals surface area contributed by atoms with Crippen molar-refractivity contribution in [2.75, 3.05) is 0 Å². The monoisotopic (exact) mass is 415 g/mol. The molecule has 30 heavy (non-hydrogen) atoms. The molecule has 0 radical (unpaired) electrons. The first-order valence-electron chi connectivity index (χ1n) is 9.43. The number of aliphatic carboxylic acids is 1. The maximum absolute atomic E-state index is 15.4. The first-order chi connectivity index (χ1) is 13.9. The van der Waals surface area contributed by atoms with Crippen molar-refractivity contribution >= 4 is 22.7 Å². The van der Waals surface area contributed by atoms with E-state index in [1.54, 1.807) is 0 Å². The largest absolute Gasteiger partial charge is 0.481 e. The number of rotatable bonds is 5. The Kier molecular flexibility index (Phi) is 5.48. The molecule has 3 atom stereocenters. The van der Waals surface area contributed by atoms with Crippen LogP contribution in [0.15, 0.2) is 35.1 Å². The molecule has 0 fully saturated rings. The maximum Gasteiger partial charge on any atom is 0.304 e. The van der Waals surface area contributed by atoms with Crippen molar-refractivity contribution in [3.8, 4) is 6.07 Å². The molecule has 3 N–H and O–H groups in total. The number of nitrogens with zero attached hydrogens (tertiary/aromatic N) is 3. The van der Waals surface area contributed by atoms with Gasteiger partial charge in [-0.25, -0.2) is 13.8 Å². The van der Waals surface area contributed by atoms with E-state index in [1.165, 1.54) is 25.3 Å². The molecule has 0 amide bonds. The first kappa shape index (κ1) is 21.6. The molecule has 0 aromatic carbocycles. The van der Waals surface area contributed by atoms with Crippen LogP contribution in [0.3, 0.4) is 0 Å². The lowest BCUT2D eigenvalue weighted by Gasteiger charge is -2.38. The number of carboxylic acids is 1. The molecule has 3 rings (SSSR count). The second kappa shape index (κ2) is 7.61. The summed E-state index contributed by atoms with van der Waals surface area (Å²) < 4.78 is 29.2. The molecule has 2 aromatic heterocycles. The van der Waals surface area contributed by atoms with Crippen molar-refractivity contribution in [2.45, 2.75) is 52.0 Å². The van der Waals surface area contributed by atoms with E-state index in [4.69, 9.17) is 0 Å². The predicted octanol–water partition coefficient (Wildman–Crippen LogP) is 3.49. The molecule has 1 aliphatic heterocycles. The van der Waals surface area contributed by atoms with Gasteiger partial charge in [-0.15, -0.1) is 0 Å². The quantitative estimate of drug-likeness (QED) is 0.692. The van der Waals surface area contributed by atoms with Crippen molar-refractivity contribution in [3.05, 3.63) is 41.5 Å². The number of H-pyrrole nitrogens is 1. The number of carbonyl (C=O) groups is 1. The van der Waals surface area contributed by atoms with E-state index in [0.717, 1.165) is 6.20 Å². The minimum atomic E-state index is -2.04. The van der Waals surface area contributed by atoms with Gasteiger partial charge in [0.1, 0.15) is 23.7 Å². The third-order valence-corrected chi connectivity index (χ3v) is 5.13. The molecule has 7 nitrogen and oxygen atoms in total. The van der Waals surface area contributed by atoms with E-state index in [1.807, 2.05) is 26.8 Å². The van der Waals surface area contributed by atoms with Crippen LogP contribution in [0.25, 0.3) is 11.0 Å². The van der Waals surface area contributed by atoms with Gasteiger partial charge in [-0.1, -0.05) is 20.8 Å². The van der Waals surface area contributed by atoms with Crippen molar-refractivity contribution in [1.29, 1.82) is 5.26 Å². The summed E-state index contributed by atoms with van der Waals surface area (Å²) in [6.07, 6.45) is 2.41. The van der Waals surface area contributed by atoms with Crippen LogP contribution in [0.5, 0.6) is 0 Å². The zero-order chi connectivity index (χ0) is 22.3. The van der Waals surface area contributed by atoms with Crippen LogP contribution in [0.4, 0.5) is 8.78 Å². The van der Waals surface area contributed by atoms with Crippen molar-refractivity contribution in [2.24, 2.45) is 10.4 Å². The molecule has 0 saturated heterocycles. The van der Waals surface area contributed by atoms with Gasteiger partial charge < -0.3 is 10.1 Å². The second-order valence-corrected chi connectivity index (χ2v) is 8.64. The Morgan fingerprint density at radius 3 is 2.80 bits per heavy atom. The molecular weight excluding hydrogens is 392 g/mol. The maximum atomic E-state index is 15.4. The molecule has 0 bridgehead atoms. The molecule has 3 heterocycles. The normalized spacial score (nSPS) is 22.9. The number of alkyl halides is 1. The minimum absolute atomic E-state index is 0.00811. The number of carboxylic acid groups (broad SMARTS) is 1. The van der Waals surface area contributed by atoms with Gasteiger partial charge in [0, 0.05) is 23.2 Å². The van der Waals surface area contributed by atoms with E-state index in [0.29, 0.717) is 16.6 Å². The van der Waals surface area contributed by atoms with E-state index in [-0.39, 0.29) is 17.7 Å². The summed E-state index contributed by atoms with van der Waals surface area (Å²) in [5, 5.41) is 22.3. The van der Waals surface area contributed by atoms with Crippen LogP contribution in [0.1, 0.15) is 39.7 Å². The predicted molar refractivity (Wildman–Crippen MR) is 108 cm³/mol. The molecule has 2 aromatic rings. The SMILES string of the molecule is CC(C)(C)[C@@H](CC(=O)O)NC1N=C(c2c[nH]c3ncc(F)cc23)C(C#N)=C[C@]1(C)F. The fourth-order valence-corrected chi connectivity index (χ4v) is 3.41. The van der Waals surface area contributed by atoms with Crippen molar-refractivity contribution in [3.63, 3.8) is 0 Å². The van der Waals surface area contributed by atoms with Gasteiger partial charge in [0.15, 0.2) is 5.67 Å². The lowest BCUT2D eigenvalue weighted by atomic mass is 9.83. The highest BCUT2D eigenvalue weighted by Crippen LogP contribution is 2.32. The fraction of sp³-hybridized carbons (Fsp3) is 0.429. The summed E-state index contributed by atoms with van der Waals surface area (Å²) >= 11 is 0. The summed E-state index contributed by atoms with van der Waals surface area (Å²) in [5.41, 5.74) is -1.51. The zero-order valence-electron chi connectivity index (χ0n) is 17.1. The second-order valence-electron chi connectivity index (χ2n) is 8.64. The molecule has 0 aliphatic carbocycles. The van der Waals surface area contributed by atoms with Gasteiger partial charge >= 0.3 is 5.97 Å². The molecular formula is C21H23F2N5O2. The number of dihydropyridines is 1. The number of fused-ring (bicyclic) bond motifs is 1. The van der Waals surface area contributed by atoms with Gasteiger partial charge in [0.05, 0.1) is 23.9 Å². The number of allylic oxidation sites excluding steroid dienone is 1. The number of hydrogen-bond donors (Lipinski definition) is 3. The average molecular weight is 415 g/mol. The Morgan fingerprint density at radius 2 is 2.20 bits per heavy atom. The van der Waals surface area contributed by atoms with Crippen molar-refractivity contribution in [1.82, 2.24) is 15.3 Å². The molecule has 158 valence electrons. The number of nitrogens with one attached hydrogen (secondary N) is 2. The smallest absolute Gasteiger partial charge is 0.304 e. The summed E-state index contributed by atoms with van der Waals surface area (Å²) in [6, 6.07) is 2.63. The lowest BCUT2D eigenvalue weighted by molar-refractivity contribution is -0.138. The van der Waals surface area contributed by atoms with Gasteiger partial charge in [0.2, 0.25) is 0 Å². The first-order valence-corrected chi connectivity index (χ1v) is 9.43. The standard InChI is InChI=1S/C21H23F2N5O2/c1-20(2,3)15(6-16(29)30)27-19-21(4,23)7-11(8-24)17(28-19)14-10-26-18-13(14)5-12(22)9-25-18/h5,7,9-10,15,19,27H,6H2,1-4H3,(H,25,26)(H,29,30)/t15-,19?,21+/m1/s1. The average Bonchev–Trinajstić information content (AvgIpc) is 3.03. The summed E-state index contributed by atoms with van der Waals surface area (Å²) in [7, 11) is 0. The number of nitriles is 1. The third kappa shape index (κ3) is 4.24. The number of aliphatic imine (C=N–C) groups is 1. The van der Waals surface area contributed by atoms with Crippen molar-refractivity contribution < 1.29 is 18.7 Å². The van der Waals surface area contributed by atoms with Gasteiger partial charge in [0.25, 0.3) is 0 Å². The Bertz CT molecular complexity index is 1090. The summed E-state index contributed by atoms with van der Waals surface area (Å²) in [5.74, 6) is -1.57. The lowest BCUT2D eigenvalue weighted by Crippen LogP contribution is -2.54. The van der Waals surface area contributed by atoms with Crippen LogP contribution in [0.2, 0.25) is 0 Å². The Morgan fingerprint density at radius 1 is 1.50 bits per heavy atom. The zero-order valence-corrected chi connectivity index (χ0v) is 17.1. The highest BCUT2D eigenvalue weighted by Gasteiger charge is 2.41. The Balaban J connectivity index is 2.08. The minimum Gasteiger partial charge on any atom is -0.481 e. The Hall–Kier alpha value is -3.12. The van der Waals surface area contributed by atoms with E-state index in [9.17, 15) is 19.6 Å². The van der Waals surface area contributed by atoms with Crippen LogP contribution in [-0.4, -0.2) is 44.6 Å². The number of pyridine rings is 1. The van der Waals surface area contributed by atoms with Crippen LogP contribution in [-0.2, 0) is 4.79 Å². The number of aromatic amines is 1. The van der Waals surface area contributed by atoms with Gasteiger partial charge in [-0.05, 0) is 24.5 Å². The van der Waals surface area contributed by atoms with E-state index < -0.39 is 35.1 Å². The molecule has 1 unspecified atom stereocenters. The molecule has 0 saturated carbocycles. The molecule has 9 heteroatoms. The van der Waals surface area contributed by atoms with Crippen LogP contribution in [0, 0.1) is 22.6 Å². The number of halogens is 2. The summed E-state index contributed by atoms with van der Waals surface area (Å²) in [4.78, 5) is 22.6. The molecule has 1 aliphatic rings. The highest BCUT2D eigenvalue weighted by atomic mass is 19.1. The molecule has 0 spiro atoms. The third-order valence-electron chi connectivity index (χ3n) is 5.13. The van der Waals surface area contributed by atoms with Crippen LogP contribution < -0.4 is 5.32 Å². The van der Waals surface area contributed by atoms with Gasteiger partial charge in [-0.3, -0.25) is 15.1 Å². The highest BCUT2D eigenvalue weighted by molar-refractivity contribution is 6.21. The fourth-order valence-electron chi connectivity index (χ4n) is 3.41. The van der Waals surface area contributed by atoms with Gasteiger partial charge in [-0.2, -0.15) is 5.26 Å². The van der Waals surface area contributed by atoms with Crippen LogP contribution >= 0.6 is 0 Å². The Labute approximate surface area is 172 Å². The number of aromatic nitrogens is 2.